The van der Waals surface area contributed by atoms with Gasteiger partial charge in [0, 0.05) is 12.6 Å². The molecule has 1 aliphatic carbocycles. The molecule has 6 nitrogen and oxygen atoms in total. The molecule has 0 spiro atoms. The quantitative estimate of drug-likeness (QED) is 0.892. The van der Waals surface area contributed by atoms with Gasteiger partial charge >= 0.3 is 0 Å². The molecule has 0 saturated heterocycles. The molecule has 0 fully saturated rings. The minimum Gasteiger partial charge on any atom is -0.472 e. The first-order valence-electron chi connectivity index (χ1n) is 6.64. The fourth-order valence-corrected chi connectivity index (χ4v) is 2.37. The van der Waals surface area contributed by atoms with Crippen LogP contribution in [-0.4, -0.2) is 22.2 Å². The lowest BCUT2D eigenvalue weighted by Gasteiger charge is -2.07. The molecule has 2 heterocycles. The molecule has 1 aliphatic rings. The van der Waals surface area contributed by atoms with Gasteiger partial charge in [-0.15, -0.1) is 0 Å². The van der Waals surface area contributed by atoms with Crippen molar-refractivity contribution in [2.45, 2.75) is 25.8 Å². The fraction of sp³-hybridized carbons (Fsp3) is 0.357. The maximum absolute atomic E-state index is 11.9. The minimum absolute atomic E-state index is 0.108. The van der Waals surface area contributed by atoms with Crippen LogP contribution in [0.15, 0.2) is 33.9 Å². The second-order valence-corrected chi connectivity index (χ2v) is 4.80. The van der Waals surface area contributed by atoms with Gasteiger partial charge in [0.25, 0.3) is 11.5 Å². The first kappa shape index (κ1) is 12.7. The fourth-order valence-electron chi connectivity index (χ4n) is 2.37. The van der Waals surface area contributed by atoms with E-state index in [2.05, 4.69) is 10.4 Å². The number of furan rings is 1. The SMILES string of the molecule is O=C(NCCn1nc2c(cc1=O)CCC2)c1ccoc1. The Labute approximate surface area is 115 Å². The van der Waals surface area contributed by atoms with E-state index in [4.69, 9.17) is 4.42 Å². The average Bonchev–Trinajstić information content (AvgIpc) is 3.08. The predicted octanol–water partition coefficient (Wildman–Crippen LogP) is 0.755. The molecular formula is C14H15N3O3. The molecule has 0 radical (unpaired) electrons. The van der Waals surface area contributed by atoms with Crippen LogP contribution in [0.25, 0.3) is 0 Å². The summed E-state index contributed by atoms with van der Waals surface area (Å²) in [6.07, 6.45) is 5.76. The van der Waals surface area contributed by atoms with Crippen LogP contribution in [0.1, 0.15) is 28.0 Å². The van der Waals surface area contributed by atoms with E-state index in [0.29, 0.717) is 18.7 Å². The summed E-state index contributed by atoms with van der Waals surface area (Å²) in [5, 5.41) is 7.08. The molecule has 1 N–H and O–H groups in total. The zero-order valence-electron chi connectivity index (χ0n) is 11.0. The van der Waals surface area contributed by atoms with Gasteiger partial charge < -0.3 is 9.73 Å². The molecule has 3 rings (SSSR count). The number of rotatable bonds is 4. The van der Waals surface area contributed by atoms with Crippen LogP contribution >= 0.6 is 0 Å². The van der Waals surface area contributed by atoms with Crippen LogP contribution in [0.4, 0.5) is 0 Å². The summed E-state index contributed by atoms with van der Waals surface area (Å²) < 4.78 is 6.26. The van der Waals surface area contributed by atoms with Crippen molar-refractivity contribution in [1.29, 1.82) is 0 Å². The third kappa shape index (κ3) is 2.49. The number of aromatic nitrogens is 2. The van der Waals surface area contributed by atoms with Crippen LogP contribution in [0.3, 0.4) is 0 Å². The van der Waals surface area contributed by atoms with Crippen molar-refractivity contribution in [3.05, 3.63) is 51.8 Å². The Bertz CT molecular complexity index is 673. The standard InChI is InChI=1S/C14H15N3O3/c18-13-8-10-2-1-3-12(10)16-17(13)6-5-15-14(19)11-4-7-20-9-11/h4,7-9H,1-3,5-6H2,(H,15,19). The number of hydrogen-bond acceptors (Lipinski definition) is 4. The summed E-state index contributed by atoms with van der Waals surface area (Å²) >= 11 is 0. The highest BCUT2D eigenvalue weighted by Gasteiger charge is 2.14. The van der Waals surface area contributed by atoms with E-state index >= 15 is 0 Å². The molecule has 2 aromatic heterocycles. The molecule has 6 heteroatoms. The molecule has 20 heavy (non-hydrogen) atoms. The lowest BCUT2D eigenvalue weighted by Crippen LogP contribution is -2.32. The monoisotopic (exact) mass is 273 g/mol. The van der Waals surface area contributed by atoms with Crippen molar-refractivity contribution in [2.75, 3.05) is 6.54 Å². The number of nitrogens with zero attached hydrogens (tertiary/aromatic N) is 2. The summed E-state index contributed by atoms with van der Waals surface area (Å²) in [4.78, 5) is 23.5. The smallest absolute Gasteiger partial charge is 0.267 e. The number of fused-ring (bicyclic) bond motifs is 1. The summed E-state index contributed by atoms with van der Waals surface area (Å²) in [6.45, 7) is 0.728. The van der Waals surface area contributed by atoms with Gasteiger partial charge in [-0.05, 0) is 30.9 Å². The average molecular weight is 273 g/mol. The van der Waals surface area contributed by atoms with Crippen LogP contribution < -0.4 is 10.9 Å². The molecule has 104 valence electrons. The molecule has 0 bridgehead atoms. The molecule has 2 aromatic rings. The van der Waals surface area contributed by atoms with E-state index < -0.39 is 0 Å². The third-order valence-corrected chi connectivity index (χ3v) is 3.42. The summed E-state index contributed by atoms with van der Waals surface area (Å²) in [5.41, 5.74) is 2.43. The largest absolute Gasteiger partial charge is 0.472 e. The van der Waals surface area contributed by atoms with Crippen molar-refractivity contribution in [1.82, 2.24) is 15.1 Å². The predicted molar refractivity (Wildman–Crippen MR) is 71.6 cm³/mol. The Hall–Kier alpha value is -2.37. The second-order valence-electron chi connectivity index (χ2n) is 4.80. The van der Waals surface area contributed by atoms with Crippen LogP contribution in [0.5, 0.6) is 0 Å². The van der Waals surface area contributed by atoms with Gasteiger partial charge in [-0.25, -0.2) is 4.68 Å². The second kappa shape index (κ2) is 5.32. The zero-order valence-corrected chi connectivity index (χ0v) is 11.0. The highest BCUT2D eigenvalue weighted by molar-refractivity contribution is 5.93. The molecule has 1 amide bonds. The number of carbonyl (C=O) groups is 1. The van der Waals surface area contributed by atoms with Crippen LogP contribution in [0.2, 0.25) is 0 Å². The van der Waals surface area contributed by atoms with Gasteiger partial charge in [0.15, 0.2) is 0 Å². The van der Waals surface area contributed by atoms with Gasteiger partial charge in [-0.3, -0.25) is 9.59 Å². The van der Waals surface area contributed by atoms with E-state index in [1.807, 2.05) is 0 Å². The first-order chi connectivity index (χ1) is 9.74. The van der Waals surface area contributed by atoms with E-state index in [1.54, 1.807) is 12.1 Å². The maximum atomic E-state index is 11.9. The molecule has 0 unspecified atom stereocenters. The lowest BCUT2D eigenvalue weighted by atomic mass is 10.2. The Morgan fingerprint density at radius 3 is 3.15 bits per heavy atom. The number of amides is 1. The minimum atomic E-state index is -0.215. The van der Waals surface area contributed by atoms with E-state index in [-0.39, 0.29) is 11.5 Å². The van der Waals surface area contributed by atoms with Gasteiger partial charge in [-0.2, -0.15) is 5.10 Å². The summed E-state index contributed by atoms with van der Waals surface area (Å²) in [6, 6.07) is 3.25. The number of aryl methyl sites for hydroxylation is 2. The Morgan fingerprint density at radius 2 is 2.35 bits per heavy atom. The topological polar surface area (TPSA) is 77.1 Å². The zero-order chi connectivity index (χ0) is 13.9. The number of hydrogen-bond donors (Lipinski definition) is 1. The van der Waals surface area contributed by atoms with E-state index in [0.717, 1.165) is 30.5 Å². The van der Waals surface area contributed by atoms with Crippen molar-refractivity contribution in [2.24, 2.45) is 0 Å². The van der Waals surface area contributed by atoms with Gasteiger partial charge in [0.05, 0.1) is 24.1 Å². The Morgan fingerprint density at radius 1 is 1.45 bits per heavy atom. The summed E-state index contributed by atoms with van der Waals surface area (Å²) in [7, 11) is 0. The van der Waals surface area contributed by atoms with Crippen molar-refractivity contribution >= 4 is 5.91 Å². The van der Waals surface area contributed by atoms with Gasteiger partial charge in [-0.1, -0.05) is 0 Å². The normalized spacial score (nSPS) is 13.2. The highest BCUT2D eigenvalue weighted by Crippen LogP contribution is 2.16. The maximum Gasteiger partial charge on any atom is 0.267 e. The molecule has 0 atom stereocenters. The molecular weight excluding hydrogens is 258 g/mol. The lowest BCUT2D eigenvalue weighted by molar-refractivity contribution is 0.0951. The third-order valence-electron chi connectivity index (χ3n) is 3.42. The first-order valence-corrected chi connectivity index (χ1v) is 6.64. The number of carbonyl (C=O) groups excluding carboxylic acids is 1. The molecule has 0 aliphatic heterocycles. The van der Waals surface area contributed by atoms with Crippen molar-refractivity contribution in [3.63, 3.8) is 0 Å². The van der Waals surface area contributed by atoms with Crippen LogP contribution in [0, 0.1) is 0 Å². The van der Waals surface area contributed by atoms with Gasteiger partial charge in [0.1, 0.15) is 6.26 Å². The van der Waals surface area contributed by atoms with Crippen molar-refractivity contribution < 1.29 is 9.21 Å². The van der Waals surface area contributed by atoms with E-state index in [1.165, 1.54) is 17.2 Å². The molecule has 0 aromatic carbocycles. The van der Waals surface area contributed by atoms with Gasteiger partial charge in [0.2, 0.25) is 0 Å². The van der Waals surface area contributed by atoms with Crippen molar-refractivity contribution in [3.8, 4) is 0 Å². The number of nitrogens with one attached hydrogen (secondary N) is 1. The van der Waals surface area contributed by atoms with E-state index in [9.17, 15) is 9.59 Å². The molecule has 0 saturated carbocycles. The Balaban J connectivity index is 1.62. The summed E-state index contributed by atoms with van der Waals surface area (Å²) in [5.74, 6) is -0.215. The highest BCUT2D eigenvalue weighted by atomic mass is 16.3. The Kier molecular flexibility index (Phi) is 3.37. The van der Waals surface area contributed by atoms with Crippen LogP contribution in [-0.2, 0) is 19.4 Å².